The van der Waals surface area contributed by atoms with Crippen LogP contribution in [0.4, 0.5) is 5.95 Å². The molecule has 0 saturated carbocycles. The number of benzene rings is 1. The van der Waals surface area contributed by atoms with Crippen LogP contribution in [0.3, 0.4) is 0 Å². The highest BCUT2D eigenvalue weighted by Gasteiger charge is 2.08. The second-order valence-corrected chi connectivity index (χ2v) is 4.72. The molecule has 0 saturated heterocycles. The third-order valence-electron chi connectivity index (χ3n) is 2.36. The Bertz CT molecular complexity index is 518. The molecule has 0 radical (unpaired) electrons. The summed E-state index contributed by atoms with van der Waals surface area (Å²) in [6.45, 7) is 4.31. The van der Waals surface area contributed by atoms with Crippen LogP contribution in [0.2, 0.25) is 5.02 Å². The van der Waals surface area contributed by atoms with Crippen molar-refractivity contribution in [3.8, 4) is 0 Å². The van der Waals surface area contributed by atoms with Gasteiger partial charge in [0.15, 0.2) is 0 Å². The lowest BCUT2D eigenvalue weighted by molar-refractivity contribution is 0.639. The fourth-order valence-corrected chi connectivity index (χ4v) is 1.90. The van der Waals surface area contributed by atoms with Crippen LogP contribution in [0.5, 0.6) is 0 Å². The molecule has 0 unspecified atom stereocenters. The molecule has 84 valence electrons. The molecule has 0 bridgehead atoms. The first-order chi connectivity index (χ1) is 7.56. The fraction of sp³-hybridized carbons (Fsp3) is 0.333. The van der Waals surface area contributed by atoms with Crippen molar-refractivity contribution < 1.29 is 0 Å². The summed E-state index contributed by atoms with van der Waals surface area (Å²) in [6, 6.07) is 5.63. The van der Waals surface area contributed by atoms with Gasteiger partial charge in [0, 0.05) is 10.4 Å². The summed E-state index contributed by atoms with van der Waals surface area (Å²) in [6.07, 6.45) is 0.894. The number of hydrogen-bond acceptors (Lipinski definition) is 3. The quantitative estimate of drug-likeness (QED) is 0.871. The zero-order valence-corrected chi connectivity index (χ0v) is 10.1. The lowest BCUT2D eigenvalue weighted by Gasteiger charge is -2.08. The Morgan fingerprint density at radius 3 is 2.75 bits per heavy atom. The van der Waals surface area contributed by atoms with E-state index in [2.05, 4.69) is 23.8 Å². The van der Waals surface area contributed by atoms with Crippen molar-refractivity contribution in [3.05, 3.63) is 28.9 Å². The molecule has 2 aromatic rings. The lowest BCUT2D eigenvalue weighted by atomic mass is 10.0. The van der Waals surface area contributed by atoms with Crippen LogP contribution >= 0.6 is 11.6 Å². The van der Waals surface area contributed by atoms with E-state index in [0.717, 1.165) is 23.0 Å². The van der Waals surface area contributed by atoms with Crippen molar-refractivity contribution in [1.82, 2.24) is 9.97 Å². The summed E-state index contributed by atoms with van der Waals surface area (Å²) >= 11 is 5.93. The summed E-state index contributed by atoms with van der Waals surface area (Å²) in [4.78, 5) is 8.48. The standard InChI is InChI=1S/C12H14ClN3/c1-7(2)5-10-9-4-3-8(13)6-11(9)16-12(14)15-10/h3-4,6-7H,5H2,1-2H3,(H2,14,15,16). The minimum Gasteiger partial charge on any atom is -0.368 e. The SMILES string of the molecule is CC(C)Cc1nc(N)nc2cc(Cl)ccc12. The van der Waals surface area contributed by atoms with Gasteiger partial charge in [0.2, 0.25) is 5.95 Å². The van der Waals surface area contributed by atoms with Crippen molar-refractivity contribution in [3.63, 3.8) is 0 Å². The van der Waals surface area contributed by atoms with Crippen LogP contribution in [-0.4, -0.2) is 9.97 Å². The minimum absolute atomic E-state index is 0.311. The monoisotopic (exact) mass is 235 g/mol. The van der Waals surface area contributed by atoms with Gasteiger partial charge in [-0.2, -0.15) is 0 Å². The van der Waals surface area contributed by atoms with Crippen LogP contribution in [-0.2, 0) is 6.42 Å². The number of nitrogen functional groups attached to an aromatic ring is 1. The molecule has 0 atom stereocenters. The fourth-order valence-electron chi connectivity index (χ4n) is 1.73. The number of hydrogen-bond donors (Lipinski definition) is 1. The number of aromatic nitrogens is 2. The second kappa shape index (κ2) is 4.26. The van der Waals surface area contributed by atoms with Crippen LogP contribution in [0.15, 0.2) is 18.2 Å². The molecular weight excluding hydrogens is 222 g/mol. The third kappa shape index (κ3) is 2.25. The van der Waals surface area contributed by atoms with E-state index in [1.165, 1.54) is 0 Å². The van der Waals surface area contributed by atoms with Crippen LogP contribution < -0.4 is 5.73 Å². The van der Waals surface area contributed by atoms with Crippen molar-refractivity contribution >= 4 is 28.5 Å². The molecule has 1 aromatic heterocycles. The van der Waals surface area contributed by atoms with Gasteiger partial charge in [-0.15, -0.1) is 0 Å². The van der Waals surface area contributed by atoms with E-state index in [-0.39, 0.29) is 0 Å². The Morgan fingerprint density at radius 2 is 2.06 bits per heavy atom. The van der Waals surface area contributed by atoms with Gasteiger partial charge in [-0.1, -0.05) is 25.4 Å². The van der Waals surface area contributed by atoms with E-state index in [1.807, 2.05) is 18.2 Å². The van der Waals surface area contributed by atoms with Crippen LogP contribution in [0.1, 0.15) is 19.5 Å². The first-order valence-electron chi connectivity index (χ1n) is 5.28. The predicted molar refractivity (Wildman–Crippen MR) is 67.5 cm³/mol. The van der Waals surface area contributed by atoms with E-state index in [4.69, 9.17) is 17.3 Å². The van der Waals surface area contributed by atoms with E-state index in [0.29, 0.717) is 16.9 Å². The van der Waals surface area contributed by atoms with Crippen LogP contribution in [0.25, 0.3) is 10.9 Å². The van der Waals surface area contributed by atoms with Gasteiger partial charge in [-0.25, -0.2) is 9.97 Å². The molecule has 0 aliphatic heterocycles. The van der Waals surface area contributed by atoms with Gasteiger partial charge < -0.3 is 5.73 Å². The first kappa shape index (κ1) is 11.1. The normalized spacial score (nSPS) is 11.2. The summed E-state index contributed by atoms with van der Waals surface area (Å²) in [5, 5.41) is 1.70. The highest BCUT2D eigenvalue weighted by Crippen LogP contribution is 2.22. The van der Waals surface area contributed by atoms with Crippen LogP contribution in [0, 0.1) is 5.92 Å². The number of rotatable bonds is 2. The van der Waals surface area contributed by atoms with Crippen molar-refractivity contribution in [2.75, 3.05) is 5.73 Å². The molecule has 2 rings (SSSR count). The number of halogens is 1. The summed E-state index contributed by atoms with van der Waals surface area (Å²) in [5.74, 6) is 0.846. The maximum Gasteiger partial charge on any atom is 0.220 e. The third-order valence-corrected chi connectivity index (χ3v) is 2.59. The average Bonchev–Trinajstić information content (AvgIpc) is 2.15. The van der Waals surface area contributed by atoms with Crippen molar-refractivity contribution in [2.45, 2.75) is 20.3 Å². The Hall–Kier alpha value is -1.35. The number of fused-ring (bicyclic) bond motifs is 1. The highest BCUT2D eigenvalue weighted by molar-refractivity contribution is 6.31. The maximum absolute atomic E-state index is 5.93. The topological polar surface area (TPSA) is 51.8 Å². The smallest absolute Gasteiger partial charge is 0.220 e. The van der Waals surface area contributed by atoms with Gasteiger partial charge in [-0.05, 0) is 30.5 Å². The maximum atomic E-state index is 5.93. The van der Waals surface area contributed by atoms with Crippen molar-refractivity contribution in [2.24, 2.45) is 5.92 Å². The van der Waals surface area contributed by atoms with Gasteiger partial charge in [-0.3, -0.25) is 0 Å². The second-order valence-electron chi connectivity index (χ2n) is 4.29. The zero-order valence-electron chi connectivity index (χ0n) is 9.37. The minimum atomic E-state index is 0.311. The van der Waals surface area contributed by atoms with Gasteiger partial charge in [0.05, 0.1) is 11.2 Å². The Kier molecular flexibility index (Phi) is 2.97. The summed E-state index contributed by atoms with van der Waals surface area (Å²) in [5.41, 5.74) is 7.50. The van der Waals surface area contributed by atoms with E-state index >= 15 is 0 Å². The molecule has 4 heteroatoms. The molecule has 16 heavy (non-hydrogen) atoms. The number of nitrogens with two attached hydrogens (primary N) is 1. The molecule has 0 aliphatic rings. The molecule has 0 aliphatic carbocycles. The largest absolute Gasteiger partial charge is 0.368 e. The molecular formula is C12H14ClN3. The van der Waals surface area contributed by atoms with E-state index in [9.17, 15) is 0 Å². The molecule has 0 fully saturated rings. The molecule has 1 aromatic carbocycles. The zero-order chi connectivity index (χ0) is 11.7. The molecule has 0 spiro atoms. The van der Waals surface area contributed by atoms with Gasteiger partial charge in [0.1, 0.15) is 0 Å². The van der Waals surface area contributed by atoms with E-state index < -0.39 is 0 Å². The number of anilines is 1. The number of nitrogens with zero attached hydrogens (tertiary/aromatic N) is 2. The van der Waals surface area contributed by atoms with Crippen molar-refractivity contribution in [1.29, 1.82) is 0 Å². The average molecular weight is 236 g/mol. The molecule has 3 nitrogen and oxygen atoms in total. The van der Waals surface area contributed by atoms with Gasteiger partial charge in [0.25, 0.3) is 0 Å². The predicted octanol–water partition coefficient (Wildman–Crippen LogP) is 3.06. The molecule has 0 amide bonds. The Balaban J connectivity index is 2.63. The van der Waals surface area contributed by atoms with E-state index in [1.54, 1.807) is 0 Å². The Labute approximate surface area is 99.7 Å². The highest BCUT2D eigenvalue weighted by atomic mass is 35.5. The summed E-state index contributed by atoms with van der Waals surface area (Å²) < 4.78 is 0. The summed E-state index contributed by atoms with van der Waals surface area (Å²) in [7, 11) is 0. The first-order valence-corrected chi connectivity index (χ1v) is 5.65. The molecule has 2 N–H and O–H groups in total. The lowest BCUT2D eigenvalue weighted by Crippen LogP contribution is -2.03. The Morgan fingerprint density at radius 1 is 1.31 bits per heavy atom. The van der Waals surface area contributed by atoms with Gasteiger partial charge >= 0.3 is 0 Å². The molecule has 1 heterocycles.